The van der Waals surface area contributed by atoms with Gasteiger partial charge in [-0.05, 0) is 48.0 Å². The van der Waals surface area contributed by atoms with Gasteiger partial charge in [0.15, 0.2) is 5.69 Å². The molecule has 0 unspecified atom stereocenters. The summed E-state index contributed by atoms with van der Waals surface area (Å²) in [6, 6.07) is 15.3. The van der Waals surface area contributed by atoms with E-state index in [-0.39, 0.29) is 5.91 Å². The van der Waals surface area contributed by atoms with E-state index in [0.717, 1.165) is 40.9 Å². The van der Waals surface area contributed by atoms with Crippen molar-refractivity contribution in [1.29, 1.82) is 0 Å². The molecule has 1 N–H and O–H groups in total. The Kier molecular flexibility index (Phi) is 6.22. The maximum absolute atomic E-state index is 12.7. The first-order valence-corrected chi connectivity index (χ1v) is 11.0. The van der Waals surface area contributed by atoms with Gasteiger partial charge in [-0.3, -0.25) is 4.79 Å². The van der Waals surface area contributed by atoms with Gasteiger partial charge in [0, 0.05) is 48.6 Å². The van der Waals surface area contributed by atoms with E-state index in [0.29, 0.717) is 17.8 Å². The molecular formula is C22H21F3N4OS. The molecule has 5 nitrogen and oxygen atoms in total. The number of alkyl halides is 3. The van der Waals surface area contributed by atoms with Crippen LogP contribution in [0.1, 0.15) is 21.6 Å². The number of thioether (sulfide) groups is 1. The van der Waals surface area contributed by atoms with E-state index in [1.807, 2.05) is 23.9 Å². The maximum atomic E-state index is 12.7. The second-order valence-electron chi connectivity index (χ2n) is 7.14. The summed E-state index contributed by atoms with van der Waals surface area (Å²) in [5.41, 5.74) is 2.10. The Morgan fingerprint density at radius 2 is 1.61 bits per heavy atom. The predicted octanol–water partition coefficient (Wildman–Crippen LogP) is 4.37. The molecule has 0 atom stereocenters. The Labute approximate surface area is 182 Å². The first-order chi connectivity index (χ1) is 14.9. The van der Waals surface area contributed by atoms with Crippen LogP contribution in [-0.4, -0.2) is 40.3 Å². The molecule has 0 aliphatic carbocycles. The number of rotatable bonds is 5. The summed E-state index contributed by atoms with van der Waals surface area (Å²) in [6.45, 7) is 2.49. The number of nitrogens with one attached hydrogen (secondary N) is 1. The van der Waals surface area contributed by atoms with Crippen LogP contribution >= 0.6 is 11.8 Å². The molecule has 0 radical (unpaired) electrons. The van der Waals surface area contributed by atoms with Gasteiger partial charge in [-0.15, -0.1) is 0 Å². The average Bonchev–Trinajstić information content (AvgIpc) is 3.30. The number of carbonyl (C=O) groups is 1. The number of hydrogen-bond acceptors (Lipinski definition) is 4. The highest BCUT2D eigenvalue weighted by atomic mass is 32.2. The van der Waals surface area contributed by atoms with Gasteiger partial charge in [0.25, 0.3) is 5.91 Å². The fourth-order valence-electron chi connectivity index (χ4n) is 3.32. The maximum Gasteiger partial charge on any atom is 0.435 e. The standard InChI is InChI=1S/C22H21F3N4OS/c23-22(24,25)20-9-10-29(27-20)19-7-3-17(4-8-19)21(30)26-15-16-1-5-18(6-2-16)28-11-13-31-14-12-28/h1-10H,11-15H2,(H,26,30). The summed E-state index contributed by atoms with van der Waals surface area (Å²) >= 11 is 1.97. The van der Waals surface area contributed by atoms with E-state index in [4.69, 9.17) is 0 Å². The van der Waals surface area contributed by atoms with Gasteiger partial charge in [-0.1, -0.05) is 12.1 Å². The first-order valence-electron chi connectivity index (χ1n) is 9.83. The molecule has 1 amide bonds. The van der Waals surface area contributed by atoms with Gasteiger partial charge < -0.3 is 10.2 Å². The summed E-state index contributed by atoms with van der Waals surface area (Å²) in [6.07, 6.45) is -3.25. The SMILES string of the molecule is O=C(NCc1ccc(N2CCSCC2)cc1)c1ccc(-n2ccc(C(F)(F)F)n2)cc1. The number of nitrogens with zero attached hydrogens (tertiary/aromatic N) is 3. The lowest BCUT2D eigenvalue weighted by atomic mass is 10.1. The molecule has 31 heavy (non-hydrogen) atoms. The number of benzene rings is 2. The monoisotopic (exact) mass is 446 g/mol. The highest BCUT2D eigenvalue weighted by molar-refractivity contribution is 7.99. The zero-order chi connectivity index (χ0) is 21.8. The molecule has 1 aliphatic rings. The number of halogens is 3. The highest BCUT2D eigenvalue weighted by Crippen LogP contribution is 2.28. The second kappa shape index (κ2) is 9.05. The average molecular weight is 446 g/mol. The van der Waals surface area contributed by atoms with Crippen molar-refractivity contribution in [2.45, 2.75) is 12.7 Å². The molecule has 0 bridgehead atoms. The molecule has 2 aromatic carbocycles. The molecule has 1 aromatic heterocycles. The summed E-state index contributed by atoms with van der Waals surface area (Å²) in [4.78, 5) is 14.8. The molecule has 162 valence electrons. The van der Waals surface area contributed by atoms with Gasteiger partial charge in [-0.25, -0.2) is 4.68 Å². The Hall–Kier alpha value is -2.94. The third-order valence-electron chi connectivity index (χ3n) is 5.04. The molecule has 4 rings (SSSR count). The van der Waals surface area contributed by atoms with Crippen molar-refractivity contribution in [2.75, 3.05) is 29.5 Å². The molecule has 9 heteroatoms. The van der Waals surface area contributed by atoms with Crippen molar-refractivity contribution in [3.63, 3.8) is 0 Å². The number of amides is 1. The third-order valence-corrected chi connectivity index (χ3v) is 5.98. The van der Waals surface area contributed by atoms with Crippen LogP contribution in [0.5, 0.6) is 0 Å². The van der Waals surface area contributed by atoms with Gasteiger partial charge in [0.1, 0.15) is 0 Å². The van der Waals surface area contributed by atoms with Crippen molar-refractivity contribution < 1.29 is 18.0 Å². The Bertz CT molecular complexity index is 1030. The lowest BCUT2D eigenvalue weighted by molar-refractivity contribution is -0.141. The molecule has 1 fully saturated rings. The molecule has 0 saturated carbocycles. The zero-order valence-electron chi connectivity index (χ0n) is 16.6. The lowest BCUT2D eigenvalue weighted by Crippen LogP contribution is -2.32. The predicted molar refractivity (Wildman–Crippen MR) is 116 cm³/mol. The third kappa shape index (κ3) is 5.22. The van der Waals surface area contributed by atoms with Crippen molar-refractivity contribution in [2.24, 2.45) is 0 Å². The van der Waals surface area contributed by atoms with Crippen molar-refractivity contribution in [1.82, 2.24) is 15.1 Å². The van der Waals surface area contributed by atoms with Crippen molar-refractivity contribution in [3.05, 3.63) is 77.6 Å². The number of carbonyl (C=O) groups excluding carboxylic acids is 1. The van der Waals surface area contributed by atoms with E-state index >= 15 is 0 Å². The summed E-state index contributed by atoms with van der Waals surface area (Å²) in [7, 11) is 0. The molecular weight excluding hydrogens is 425 g/mol. The van der Waals surface area contributed by atoms with Crippen LogP contribution in [0.3, 0.4) is 0 Å². The van der Waals surface area contributed by atoms with Crippen molar-refractivity contribution in [3.8, 4) is 5.69 Å². The Morgan fingerprint density at radius 3 is 2.23 bits per heavy atom. The fraction of sp³-hybridized carbons (Fsp3) is 0.273. The van der Waals surface area contributed by atoms with Crippen LogP contribution in [0, 0.1) is 0 Å². The van der Waals surface area contributed by atoms with E-state index in [9.17, 15) is 18.0 Å². The molecule has 1 aliphatic heterocycles. The van der Waals surface area contributed by atoms with E-state index in [1.165, 1.54) is 11.9 Å². The highest BCUT2D eigenvalue weighted by Gasteiger charge is 2.33. The van der Waals surface area contributed by atoms with Gasteiger partial charge in [-0.2, -0.15) is 30.0 Å². The first kappa shape index (κ1) is 21.3. The summed E-state index contributed by atoms with van der Waals surface area (Å²) in [5, 5.41) is 6.40. The molecule has 1 saturated heterocycles. The van der Waals surface area contributed by atoms with Crippen LogP contribution in [-0.2, 0) is 12.7 Å². The molecule has 2 heterocycles. The van der Waals surface area contributed by atoms with Crippen LogP contribution in [0.4, 0.5) is 18.9 Å². The minimum Gasteiger partial charge on any atom is -0.370 e. The van der Waals surface area contributed by atoms with E-state index in [2.05, 4.69) is 27.4 Å². The van der Waals surface area contributed by atoms with E-state index < -0.39 is 11.9 Å². The normalized spacial score (nSPS) is 14.5. The zero-order valence-corrected chi connectivity index (χ0v) is 17.4. The van der Waals surface area contributed by atoms with Gasteiger partial charge >= 0.3 is 6.18 Å². The van der Waals surface area contributed by atoms with E-state index in [1.54, 1.807) is 24.3 Å². The quantitative estimate of drug-likeness (QED) is 0.632. The minimum absolute atomic E-state index is 0.250. The Morgan fingerprint density at radius 1 is 0.968 bits per heavy atom. The van der Waals surface area contributed by atoms with Gasteiger partial charge in [0.05, 0.1) is 5.69 Å². The van der Waals surface area contributed by atoms with Crippen LogP contribution in [0.15, 0.2) is 60.8 Å². The number of hydrogen-bond donors (Lipinski definition) is 1. The number of aromatic nitrogens is 2. The molecule has 3 aromatic rings. The lowest BCUT2D eigenvalue weighted by Gasteiger charge is -2.28. The minimum atomic E-state index is -4.49. The summed E-state index contributed by atoms with van der Waals surface area (Å²) in [5.74, 6) is 2.03. The largest absolute Gasteiger partial charge is 0.435 e. The van der Waals surface area contributed by atoms with Crippen LogP contribution < -0.4 is 10.2 Å². The van der Waals surface area contributed by atoms with Crippen molar-refractivity contribution >= 4 is 23.4 Å². The second-order valence-corrected chi connectivity index (χ2v) is 8.36. The van der Waals surface area contributed by atoms with Gasteiger partial charge in [0.2, 0.25) is 0 Å². The Balaban J connectivity index is 1.34. The fourth-order valence-corrected chi connectivity index (χ4v) is 4.22. The van der Waals surface area contributed by atoms with Crippen LogP contribution in [0.2, 0.25) is 0 Å². The molecule has 0 spiro atoms. The summed E-state index contributed by atoms with van der Waals surface area (Å²) < 4.78 is 39.2. The number of anilines is 1. The topological polar surface area (TPSA) is 50.2 Å². The smallest absolute Gasteiger partial charge is 0.370 e. The van der Waals surface area contributed by atoms with Crippen LogP contribution in [0.25, 0.3) is 5.69 Å².